The summed E-state index contributed by atoms with van der Waals surface area (Å²) in [5.74, 6) is 1.03. The number of hydrogen-bond acceptors (Lipinski definition) is 1. The van der Waals surface area contributed by atoms with Gasteiger partial charge in [-0.15, -0.1) is 0 Å². The van der Waals surface area contributed by atoms with Gasteiger partial charge in [-0.25, -0.2) is 4.98 Å². The molecule has 9 heavy (non-hydrogen) atoms. The highest BCUT2D eigenvalue weighted by atomic mass is 14.9. The lowest BCUT2D eigenvalue weighted by Crippen LogP contribution is -1.80. The van der Waals surface area contributed by atoms with E-state index in [2.05, 4.69) is 23.8 Å². The molecule has 0 spiro atoms. The van der Waals surface area contributed by atoms with Crippen molar-refractivity contribution in [1.82, 2.24) is 9.97 Å². The number of H-pyrrole nitrogens is 1. The van der Waals surface area contributed by atoms with Crippen LogP contribution >= 0.6 is 0 Å². The van der Waals surface area contributed by atoms with Crippen LogP contribution in [0.2, 0.25) is 0 Å². The van der Waals surface area contributed by atoms with E-state index in [-0.39, 0.29) is 0 Å². The van der Waals surface area contributed by atoms with Gasteiger partial charge in [0.15, 0.2) is 0 Å². The van der Waals surface area contributed by atoms with E-state index in [0.717, 1.165) is 23.6 Å². The molecule has 1 radical (unpaired) electrons. The summed E-state index contributed by atoms with van der Waals surface area (Å²) in [4.78, 5) is 7.28. The number of aromatic amines is 1. The van der Waals surface area contributed by atoms with Gasteiger partial charge in [-0.05, 0) is 13.8 Å². The van der Waals surface area contributed by atoms with Crippen LogP contribution in [0.25, 0.3) is 0 Å². The summed E-state index contributed by atoms with van der Waals surface area (Å²) in [6, 6.07) is 0. The van der Waals surface area contributed by atoms with E-state index in [1.165, 1.54) is 0 Å². The fourth-order valence-electron chi connectivity index (χ4n) is 0.730. The van der Waals surface area contributed by atoms with Crippen molar-refractivity contribution in [1.29, 1.82) is 0 Å². The van der Waals surface area contributed by atoms with Gasteiger partial charge in [-0.2, -0.15) is 0 Å². The van der Waals surface area contributed by atoms with Crippen LogP contribution in [0.1, 0.15) is 24.1 Å². The lowest BCUT2D eigenvalue weighted by Gasteiger charge is -1.81. The van der Waals surface area contributed by atoms with Gasteiger partial charge in [0.1, 0.15) is 5.82 Å². The molecule has 2 heteroatoms. The molecule has 0 aliphatic heterocycles. The molecule has 0 atom stereocenters. The van der Waals surface area contributed by atoms with Crippen LogP contribution in [0.5, 0.6) is 0 Å². The quantitative estimate of drug-likeness (QED) is 0.601. The smallest absolute Gasteiger partial charge is 0.106 e. The van der Waals surface area contributed by atoms with E-state index in [0.29, 0.717) is 0 Å². The van der Waals surface area contributed by atoms with E-state index in [9.17, 15) is 0 Å². The normalized spacial score (nSPS) is 10.1. The molecule has 1 aromatic rings. The Bertz CT molecular complexity index is 181. The average Bonchev–Trinajstić information content (AvgIpc) is 2.13. The number of hydrogen-bond donors (Lipinski definition) is 1. The second-order valence-corrected chi connectivity index (χ2v) is 2.10. The zero-order valence-corrected chi connectivity index (χ0v) is 5.86. The van der Waals surface area contributed by atoms with Gasteiger partial charge in [0.2, 0.25) is 0 Å². The predicted octanol–water partition coefficient (Wildman–Crippen LogP) is 1.46. The maximum absolute atomic E-state index is 4.21. The van der Waals surface area contributed by atoms with Crippen LogP contribution < -0.4 is 0 Å². The molecule has 1 N–H and O–H groups in total. The minimum atomic E-state index is 0.937. The topological polar surface area (TPSA) is 28.7 Å². The molecule has 0 saturated carbocycles. The number of nitrogens with one attached hydrogen (secondary N) is 1. The van der Waals surface area contributed by atoms with E-state index < -0.39 is 0 Å². The molecule has 0 fully saturated rings. The van der Waals surface area contributed by atoms with Crippen LogP contribution in [-0.2, 0) is 6.42 Å². The van der Waals surface area contributed by atoms with Crippen molar-refractivity contribution in [3.63, 3.8) is 0 Å². The Morgan fingerprint density at radius 3 is 2.56 bits per heavy atom. The molecule has 0 saturated heterocycles. The molecule has 2 nitrogen and oxygen atoms in total. The summed E-state index contributed by atoms with van der Waals surface area (Å²) in [6.07, 6.45) is 0.955. The first-order chi connectivity index (χ1) is 4.24. The predicted molar refractivity (Wildman–Crippen MR) is 37.2 cm³/mol. The molecule has 0 amide bonds. The first-order valence-electron chi connectivity index (χ1n) is 3.11. The van der Waals surface area contributed by atoms with Crippen LogP contribution in [0, 0.1) is 13.8 Å². The largest absolute Gasteiger partial charge is 0.346 e. The second kappa shape index (κ2) is 2.21. The van der Waals surface area contributed by atoms with Crippen LogP contribution in [-0.4, -0.2) is 9.97 Å². The van der Waals surface area contributed by atoms with Gasteiger partial charge >= 0.3 is 0 Å². The molecular formula is C7H11N2. The van der Waals surface area contributed by atoms with Gasteiger partial charge in [-0.1, -0.05) is 6.92 Å². The molecule has 49 valence electrons. The fourth-order valence-corrected chi connectivity index (χ4v) is 0.730. The zero-order chi connectivity index (χ0) is 6.85. The van der Waals surface area contributed by atoms with Gasteiger partial charge in [0.25, 0.3) is 0 Å². The third-order valence-electron chi connectivity index (χ3n) is 1.37. The average molecular weight is 123 g/mol. The summed E-state index contributed by atoms with van der Waals surface area (Å²) < 4.78 is 0. The Morgan fingerprint density at radius 2 is 2.33 bits per heavy atom. The molecule has 0 aromatic carbocycles. The first-order valence-corrected chi connectivity index (χ1v) is 3.11. The Hall–Kier alpha value is -0.790. The Balaban J connectivity index is 2.98. The van der Waals surface area contributed by atoms with Crippen LogP contribution in [0.4, 0.5) is 0 Å². The van der Waals surface area contributed by atoms with Crippen molar-refractivity contribution < 1.29 is 0 Å². The lowest BCUT2D eigenvalue weighted by atomic mass is 10.4. The SMILES string of the molecule is [CH2]c1[nH]c(CC)nc1C. The van der Waals surface area contributed by atoms with Crippen molar-refractivity contribution in [3.05, 3.63) is 24.1 Å². The summed E-state index contributed by atoms with van der Waals surface area (Å²) >= 11 is 0. The highest BCUT2D eigenvalue weighted by Crippen LogP contribution is 2.01. The van der Waals surface area contributed by atoms with E-state index in [4.69, 9.17) is 0 Å². The van der Waals surface area contributed by atoms with Crippen molar-refractivity contribution in [2.45, 2.75) is 20.3 Å². The molecule has 0 bridgehead atoms. The summed E-state index contributed by atoms with van der Waals surface area (Å²) in [5, 5.41) is 0. The van der Waals surface area contributed by atoms with E-state index in [1.807, 2.05) is 6.92 Å². The third kappa shape index (κ3) is 1.12. The highest BCUT2D eigenvalue weighted by molar-refractivity contribution is 5.15. The summed E-state index contributed by atoms with van der Waals surface area (Å²) in [7, 11) is 0. The van der Waals surface area contributed by atoms with Crippen molar-refractivity contribution in [2.24, 2.45) is 0 Å². The fraction of sp³-hybridized carbons (Fsp3) is 0.429. The number of nitrogens with zero attached hydrogens (tertiary/aromatic N) is 1. The molecule has 1 aromatic heterocycles. The Kier molecular flexibility index (Phi) is 1.56. The third-order valence-corrected chi connectivity index (χ3v) is 1.37. The lowest BCUT2D eigenvalue weighted by molar-refractivity contribution is 0.980. The van der Waals surface area contributed by atoms with Gasteiger partial charge in [0, 0.05) is 12.1 Å². The second-order valence-electron chi connectivity index (χ2n) is 2.10. The first kappa shape index (κ1) is 6.33. The standard InChI is InChI=1S/C7H11N2/c1-4-7-8-5(2)6(3)9-7/h2,4H2,1,3H3,(H,8,9). The van der Waals surface area contributed by atoms with Crippen LogP contribution in [0.3, 0.4) is 0 Å². The summed E-state index contributed by atoms with van der Waals surface area (Å²) in [6.45, 7) is 7.79. The van der Waals surface area contributed by atoms with Crippen molar-refractivity contribution in [2.75, 3.05) is 0 Å². The molecule has 1 rings (SSSR count). The van der Waals surface area contributed by atoms with Gasteiger partial charge in [0.05, 0.1) is 5.69 Å². The Labute approximate surface area is 55.3 Å². The molecule has 0 aliphatic carbocycles. The number of imidazole rings is 1. The molecule has 0 aliphatic rings. The number of aryl methyl sites for hydroxylation is 2. The Morgan fingerprint density at radius 1 is 1.67 bits per heavy atom. The number of rotatable bonds is 1. The minimum Gasteiger partial charge on any atom is -0.346 e. The van der Waals surface area contributed by atoms with Crippen LogP contribution in [0.15, 0.2) is 0 Å². The maximum Gasteiger partial charge on any atom is 0.106 e. The zero-order valence-electron chi connectivity index (χ0n) is 5.86. The van der Waals surface area contributed by atoms with Crippen molar-refractivity contribution >= 4 is 0 Å². The highest BCUT2D eigenvalue weighted by Gasteiger charge is 1.97. The van der Waals surface area contributed by atoms with E-state index in [1.54, 1.807) is 0 Å². The summed E-state index contributed by atoms with van der Waals surface area (Å²) in [5.41, 5.74) is 1.94. The van der Waals surface area contributed by atoms with Gasteiger partial charge in [-0.3, -0.25) is 0 Å². The molecule has 0 unspecified atom stereocenters. The minimum absolute atomic E-state index is 0.937. The maximum atomic E-state index is 4.21. The molecule has 1 heterocycles. The van der Waals surface area contributed by atoms with Gasteiger partial charge < -0.3 is 4.98 Å². The van der Waals surface area contributed by atoms with E-state index >= 15 is 0 Å². The van der Waals surface area contributed by atoms with Crippen molar-refractivity contribution in [3.8, 4) is 0 Å². The monoisotopic (exact) mass is 123 g/mol. The number of aromatic nitrogens is 2. The molecular weight excluding hydrogens is 112 g/mol.